The van der Waals surface area contributed by atoms with E-state index in [4.69, 9.17) is 5.73 Å². The number of nitrogens with two attached hydrogens (primary N) is 1. The molecule has 1 aromatic heterocycles. The number of hydrogen-bond donors (Lipinski definition) is 2. The van der Waals surface area contributed by atoms with Gasteiger partial charge in [-0.15, -0.1) is 0 Å². The second-order valence-electron chi connectivity index (χ2n) is 4.55. The average Bonchev–Trinajstić information content (AvgIpc) is 3.00. The van der Waals surface area contributed by atoms with Crippen molar-refractivity contribution in [3.05, 3.63) is 29.8 Å². The number of rotatable bonds is 3. The van der Waals surface area contributed by atoms with Crippen molar-refractivity contribution in [2.24, 2.45) is 11.7 Å². The molecule has 1 aromatic carbocycles. The van der Waals surface area contributed by atoms with Crippen LogP contribution in [0, 0.1) is 11.7 Å². The molecule has 1 aliphatic carbocycles. The summed E-state index contributed by atoms with van der Waals surface area (Å²) in [7, 11) is 0. The van der Waals surface area contributed by atoms with Gasteiger partial charge in [-0.1, -0.05) is 0 Å². The number of imidazole rings is 1. The second kappa shape index (κ2) is 3.56. The molecule has 3 nitrogen and oxygen atoms in total. The molecule has 1 fully saturated rings. The van der Waals surface area contributed by atoms with Crippen LogP contribution in [0.4, 0.5) is 4.39 Å². The molecule has 3 rings (SSSR count). The Labute approximate surface area is 92.9 Å². The number of H-pyrrole nitrogens is 1. The summed E-state index contributed by atoms with van der Waals surface area (Å²) in [5, 5.41) is 0. The van der Waals surface area contributed by atoms with E-state index in [1.165, 1.54) is 25.0 Å². The summed E-state index contributed by atoms with van der Waals surface area (Å²) in [5.41, 5.74) is 7.58. The van der Waals surface area contributed by atoms with Crippen molar-refractivity contribution in [3.63, 3.8) is 0 Å². The van der Waals surface area contributed by atoms with E-state index in [9.17, 15) is 4.39 Å². The Kier molecular flexibility index (Phi) is 2.17. The molecule has 0 bridgehead atoms. The summed E-state index contributed by atoms with van der Waals surface area (Å²) >= 11 is 0. The van der Waals surface area contributed by atoms with Crippen LogP contribution >= 0.6 is 0 Å². The molecule has 1 atom stereocenters. The van der Waals surface area contributed by atoms with Gasteiger partial charge in [-0.05, 0) is 37.0 Å². The Morgan fingerprint density at radius 2 is 2.31 bits per heavy atom. The van der Waals surface area contributed by atoms with E-state index in [-0.39, 0.29) is 11.9 Å². The summed E-state index contributed by atoms with van der Waals surface area (Å²) in [5.74, 6) is 1.28. The van der Waals surface area contributed by atoms with Crippen molar-refractivity contribution in [3.8, 4) is 0 Å². The lowest BCUT2D eigenvalue weighted by molar-refractivity contribution is 0.579. The van der Waals surface area contributed by atoms with Gasteiger partial charge in [0.1, 0.15) is 11.6 Å². The van der Waals surface area contributed by atoms with Crippen LogP contribution in [0.15, 0.2) is 18.2 Å². The van der Waals surface area contributed by atoms with E-state index in [2.05, 4.69) is 9.97 Å². The molecule has 3 N–H and O–H groups in total. The maximum Gasteiger partial charge on any atom is 0.125 e. The number of hydrogen-bond acceptors (Lipinski definition) is 2. The number of aromatic nitrogens is 2. The van der Waals surface area contributed by atoms with Crippen LogP contribution < -0.4 is 5.73 Å². The average molecular weight is 219 g/mol. The van der Waals surface area contributed by atoms with E-state index in [1.807, 2.05) is 0 Å². The van der Waals surface area contributed by atoms with E-state index < -0.39 is 0 Å². The second-order valence-corrected chi connectivity index (χ2v) is 4.55. The quantitative estimate of drug-likeness (QED) is 0.829. The minimum Gasteiger partial charge on any atom is -0.342 e. The number of benzene rings is 1. The highest BCUT2D eigenvalue weighted by Crippen LogP contribution is 2.32. The highest BCUT2D eigenvalue weighted by atomic mass is 19.1. The maximum absolute atomic E-state index is 13.0. The molecule has 0 radical (unpaired) electrons. The first-order chi connectivity index (χ1) is 7.72. The first-order valence-electron chi connectivity index (χ1n) is 5.62. The smallest absolute Gasteiger partial charge is 0.125 e. The van der Waals surface area contributed by atoms with Gasteiger partial charge in [-0.2, -0.15) is 0 Å². The Balaban J connectivity index is 1.86. The van der Waals surface area contributed by atoms with Crippen LogP contribution in [0.2, 0.25) is 0 Å². The van der Waals surface area contributed by atoms with Gasteiger partial charge in [0.2, 0.25) is 0 Å². The molecule has 16 heavy (non-hydrogen) atoms. The molecule has 84 valence electrons. The minimum absolute atomic E-state index is 0.186. The predicted octanol–water partition coefficient (Wildman–Crippen LogP) is 1.98. The molecule has 0 saturated heterocycles. The van der Waals surface area contributed by atoms with Gasteiger partial charge in [-0.3, -0.25) is 0 Å². The van der Waals surface area contributed by atoms with Gasteiger partial charge in [-0.25, -0.2) is 9.37 Å². The lowest BCUT2D eigenvalue weighted by atomic mass is 10.1. The topological polar surface area (TPSA) is 54.7 Å². The first kappa shape index (κ1) is 9.78. The number of nitrogens with zero attached hydrogens (tertiary/aromatic N) is 1. The molecule has 1 unspecified atom stereocenters. The van der Waals surface area contributed by atoms with Crippen LogP contribution in [-0.4, -0.2) is 16.0 Å². The van der Waals surface area contributed by atoms with Gasteiger partial charge in [0.15, 0.2) is 0 Å². The monoisotopic (exact) mass is 219 g/mol. The number of halogens is 1. The molecule has 0 amide bonds. The standard InChI is InChI=1S/C12H14FN3/c13-8-3-4-10-11(5-8)16-12(15-10)6-9(14)7-1-2-7/h3-5,7,9H,1-2,6,14H2,(H,15,16). The molecule has 1 saturated carbocycles. The van der Waals surface area contributed by atoms with Crippen LogP contribution in [0.5, 0.6) is 0 Å². The molecular formula is C12H14FN3. The highest BCUT2D eigenvalue weighted by molar-refractivity contribution is 5.74. The van der Waals surface area contributed by atoms with Crippen LogP contribution in [0.25, 0.3) is 11.0 Å². The first-order valence-corrected chi connectivity index (χ1v) is 5.62. The summed E-state index contributed by atoms with van der Waals surface area (Å²) in [6, 6.07) is 4.76. The number of aromatic amines is 1. The van der Waals surface area contributed by atoms with Crippen molar-refractivity contribution >= 4 is 11.0 Å². The fourth-order valence-corrected chi connectivity index (χ4v) is 2.05. The Hall–Kier alpha value is -1.42. The Bertz CT molecular complexity index is 516. The lowest BCUT2D eigenvalue weighted by Gasteiger charge is -2.06. The third-order valence-electron chi connectivity index (χ3n) is 3.15. The summed E-state index contributed by atoms with van der Waals surface area (Å²) in [6.45, 7) is 0. The van der Waals surface area contributed by atoms with E-state index >= 15 is 0 Å². The molecule has 0 aliphatic heterocycles. The Morgan fingerprint density at radius 1 is 1.50 bits per heavy atom. The molecular weight excluding hydrogens is 205 g/mol. The zero-order valence-electron chi connectivity index (χ0n) is 8.91. The van der Waals surface area contributed by atoms with Crippen LogP contribution in [0.3, 0.4) is 0 Å². The van der Waals surface area contributed by atoms with Gasteiger partial charge in [0, 0.05) is 12.5 Å². The van der Waals surface area contributed by atoms with Gasteiger partial charge in [0.25, 0.3) is 0 Å². The zero-order chi connectivity index (χ0) is 11.1. The molecule has 0 spiro atoms. The Morgan fingerprint density at radius 3 is 3.06 bits per heavy atom. The zero-order valence-corrected chi connectivity index (χ0v) is 8.91. The van der Waals surface area contributed by atoms with E-state index in [0.29, 0.717) is 5.92 Å². The number of nitrogens with one attached hydrogen (secondary N) is 1. The molecule has 2 aromatic rings. The predicted molar refractivity (Wildman–Crippen MR) is 60.5 cm³/mol. The van der Waals surface area contributed by atoms with Gasteiger partial charge < -0.3 is 10.7 Å². The van der Waals surface area contributed by atoms with Crippen molar-refractivity contribution in [1.29, 1.82) is 0 Å². The fraction of sp³-hybridized carbons (Fsp3) is 0.417. The van der Waals surface area contributed by atoms with E-state index in [1.54, 1.807) is 6.07 Å². The van der Waals surface area contributed by atoms with Gasteiger partial charge >= 0.3 is 0 Å². The SMILES string of the molecule is NC(Cc1nc2ccc(F)cc2[nH]1)C1CC1. The van der Waals surface area contributed by atoms with E-state index in [0.717, 1.165) is 23.3 Å². The molecule has 4 heteroatoms. The highest BCUT2D eigenvalue weighted by Gasteiger charge is 2.29. The molecule has 1 heterocycles. The van der Waals surface area contributed by atoms with Crippen LogP contribution in [-0.2, 0) is 6.42 Å². The van der Waals surface area contributed by atoms with Crippen molar-refractivity contribution in [1.82, 2.24) is 9.97 Å². The van der Waals surface area contributed by atoms with Crippen molar-refractivity contribution in [2.45, 2.75) is 25.3 Å². The van der Waals surface area contributed by atoms with Crippen molar-refractivity contribution < 1.29 is 4.39 Å². The summed E-state index contributed by atoms with van der Waals surface area (Å²) < 4.78 is 13.0. The lowest BCUT2D eigenvalue weighted by Crippen LogP contribution is -2.25. The third kappa shape index (κ3) is 1.80. The molecule has 1 aliphatic rings. The summed E-state index contributed by atoms with van der Waals surface area (Å²) in [4.78, 5) is 7.52. The largest absolute Gasteiger partial charge is 0.342 e. The van der Waals surface area contributed by atoms with Crippen LogP contribution in [0.1, 0.15) is 18.7 Å². The number of fused-ring (bicyclic) bond motifs is 1. The fourth-order valence-electron chi connectivity index (χ4n) is 2.05. The van der Waals surface area contributed by atoms with Crippen molar-refractivity contribution in [2.75, 3.05) is 0 Å². The third-order valence-corrected chi connectivity index (χ3v) is 3.15. The maximum atomic E-state index is 13.0. The normalized spacial score (nSPS) is 17.9. The summed E-state index contributed by atoms with van der Waals surface area (Å²) in [6.07, 6.45) is 3.22. The van der Waals surface area contributed by atoms with Gasteiger partial charge in [0.05, 0.1) is 11.0 Å². The minimum atomic E-state index is -0.241.